The molecule has 0 bridgehead atoms. The Kier molecular flexibility index (Phi) is 5.78. The number of rotatable bonds is 5. The number of aromatic nitrogens is 2. The fraction of sp³-hybridized carbons (Fsp3) is 0.231. The maximum absolute atomic E-state index is 13.2. The third kappa shape index (κ3) is 4.05. The first-order valence-corrected chi connectivity index (χ1v) is 8.15. The highest BCUT2D eigenvalue weighted by Crippen LogP contribution is 2.36. The molecule has 1 heterocycles. The predicted molar refractivity (Wildman–Crippen MR) is 90.9 cm³/mol. The maximum atomic E-state index is 13.2. The summed E-state index contributed by atoms with van der Waals surface area (Å²) in [4.78, 5) is 8.33. The van der Waals surface area contributed by atoms with E-state index in [1.807, 2.05) is 0 Å². The summed E-state index contributed by atoms with van der Waals surface area (Å²) in [5, 5.41) is 6.51. The topological polar surface area (TPSA) is 49.8 Å². The lowest BCUT2D eigenvalue weighted by Gasteiger charge is -2.13. The van der Waals surface area contributed by atoms with Crippen molar-refractivity contribution in [3.05, 3.63) is 38.2 Å². The van der Waals surface area contributed by atoms with Crippen LogP contribution in [0.3, 0.4) is 0 Å². The smallest absolute Gasteiger partial charge is 0.150 e. The van der Waals surface area contributed by atoms with Gasteiger partial charge in [0.15, 0.2) is 0 Å². The molecule has 21 heavy (non-hydrogen) atoms. The van der Waals surface area contributed by atoms with Gasteiger partial charge in [0.1, 0.15) is 28.3 Å². The Hall–Kier alpha value is -0.920. The van der Waals surface area contributed by atoms with E-state index in [4.69, 9.17) is 11.6 Å². The molecule has 0 aliphatic heterocycles. The standard InChI is InChI=1S/C13H12Br2ClFN4/c1-2-3-18-12-10(15)13(20-6-19-12)21-11-8(14)4-7(17)5-9(11)16/h4-6H,2-3H2,1H3,(H2,18,19,20,21). The van der Waals surface area contributed by atoms with Crippen LogP contribution < -0.4 is 10.6 Å². The van der Waals surface area contributed by atoms with Gasteiger partial charge in [0.05, 0.1) is 10.7 Å². The van der Waals surface area contributed by atoms with E-state index in [1.54, 1.807) is 0 Å². The Morgan fingerprint density at radius 1 is 1.24 bits per heavy atom. The van der Waals surface area contributed by atoms with Crippen molar-refractivity contribution in [1.82, 2.24) is 9.97 Å². The van der Waals surface area contributed by atoms with Gasteiger partial charge in [-0.1, -0.05) is 18.5 Å². The van der Waals surface area contributed by atoms with Gasteiger partial charge in [-0.3, -0.25) is 0 Å². The zero-order valence-corrected chi connectivity index (χ0v) is 15.0. The van der Waals surface area contributed by atoms with Crippen molar-refractivity contribution in [2.75, 3.05) is 17.2 Å². The van der Waals surface area contributed by atoms with Crippen LogP contribution in [0.2, 0.25) is 5.02 Å². The van der Waals surface area contributed by atoms with E-state index < -0.39 is 5.82 Å². The van der Waals surface area contributed by atoms with E-state index in [-0.39, 0.29) is 5.02 Å². The van der Waals surface area contributed by atoms with Crippen molar-refractivity contribution in [2.24, 2.45) is 0 Å². The average Bonchev–Trinajstić information content (AvgIpc) is 2.43. The molecule has 0 fully saturated rings. The highest BCUT2D eigenvalue weighted by molar-refractivity contribution is 9.11. The summed E-state index contributed by atoms with van der Waals surface area (Å²) in [5.41, 5.74) is 0.541. The highest BCUT2D eigenvalue weighted by Gasteiger charge is 2.13. The number of halogens is 4. The minimum atomic E-state index is -0.413. The van der Waals surface area contributed by atoms with Gasteiger partial charge in [0.25, 0.3) is 0 Å². The second-order valence-electron chi connectivity index (χ2n) is 4.18. The molecule has 0 amide bonds. The first-order chi connectivity index (χ1) is 10.0. The Labute approximate surface area is 143 Å². The summed E-state index contributed by atoms with van der Waals surface area (Å²) in [6.45, 7) is 2.87. The number of hydrogen-bond acceptors (Lipinski definition) is 4. The van der Waals surface area contributed by atoms with Crippen molar-refractivity contribution in [1.29, 1.82) is 0 Å². The van der Waals surface area contributed by atoms with E-state index in [9.17, 15) is 4.39 Å². The van der Waals surface area contributed by atoms with Crippen molar-refractivity contribution in [3.8, 4) is 0 Å². The zero-order valence-electron chi connectivity index (χ0n) is 11.1. The van der Waals surface area contributed by atoms with Crippen molar-refractivity contribution < 1.29 is 4.39 Å². The lowest BCUT2D eigenvalue weighted by atomic mass is 10.3. The first-order valence-electron chi connectivity index (χ1n) is 6.18. The third-order valence-electron chi connectivity index (χ3n) is 2.58. The summed E-state index contributed by atoms with van der Waals surface area (Å²) in [6.07, 6.45) is 2.42. The molecule has 112 valence electrons. The predicted octanol–water partition coefficient (Wildman–Crippen LogP) is 5.36. The molecule has 2 rings (SSSR count). The van der Waals surface area contributed by atoms with E-state index in [0.29, 0.717) is 26.3 Å². The fourth-order valence-electron chi connectivity index (χ4n) is 1.60. The number of hydrogen-bond donors (Lipinski definition) is 2. The first kappa shape index (κ1) is 16.5. The molecule has 0 saturated heterocycles. The zero-order chi connectivity index (χ0) is 15.4. The summed E-state index contributed by atoms with van der Waals surface area (Å²) >= 11 is 12.8. The Morgan fingerprint density at radius 2 is 1.95 bits per heavy atom. The number of anilines is 3. The molecule has 2 N–H and O–H groups in total. The quantitative estimate of drug-likeness (QED) is 0.660. The Morgan fingerprint density at radius 3 is 2.62 bits per heavy atom. The van der Waals surface area contributed by atoms with Crippen LogP contribution in [0.25, 0.3) is 0 Å². The molecule has 0 unspecified atom stereocenters. The minimum Gasteiger partial charge on any atom is -0.369 e. The second-order valence-corrected chi connectivity index (χ2v) is 6.24. The van der Waals surface area contributed by atoms with Crippen molar-refractivity contribution in [3.63, 3.8) is 0 Å². The van der Waals surface area contributed by atoms with Crippen LogP contribution >= 0.6 is 43.5 Å². The molecule has 1 aromatic heterocycles. The summed E-state index contributed by atoms with van der Waals surface area (Å²) in [7, 11) is 0. The average molecular weight is 439 g/mol. The van der Waals surface area contributed by atoms with Gasteiger partial charge < -0.3 is 10.6 Å². The SMILES string of the molecule is CCCNc1ncnc(Nc2c(Cl)cc(F)cc2Br)c1Br. The molecular weight excluding hydrogens is 426 g/mol. The van der Waals surface area contributed by atoms with Crippen molar-refractivity contribution >= 4 is 60.8 Å². The van der Waals surface area contributed by atoms with Gasteiger partial charge in [0, 0.05) is 11.0 Å². The van der Waals surface area contributed by atoms with E-state index >= 15 is 0 Å². The maximum Gasteiger partial charge on any atom is 0.150 e. The normalized spacial score (nSPS) is 10.5. The van der Waals surface area contributed by atoms with E-state index in [0.717, 1.165) is 13.0 Å². The Bertz CT molecular complexity index is 631. The van der Waals surface area contributed by atoms with Gasteiger partial charge in [0.2, 0.25) is 0 Å². The molecule has 8 heteroatoms. The highest BCUT2D eigenvalue weighted by atomic mass is 79.9. The molecule has 0 spiro atoms. The van der Waals surface area contributed by atoms with Gasteiger partial charge in [-0.15, -0.1) is 0 Å². The molecule has 2 aromatic rings. The van der Waals surface area contributed by atoms with Gasteiger partial charge in [-0.2, -0.15) is 0 Å². The van der Waals surface area contributed by atoms with Gasteiger partial charge in [-0.05, 0) is 50.4 Å². The summed E-state index contributed by atoms with van der Waals surface area (Å²) < 4.78 is 14.4. The molecule has 0 radical (unpaired) electrons. The largest absolute Gasteiger partial charge is 0.369 e. The summed E-state index contributed by atoms with van der Waals surface area (Å²) in [6, 6.07) is 2.57. The van der Waals surface area contributed by atoms with E-state index in [1.165, 1.54) is 18.5 Å². The van der Waals surface area contributed by atoms with Crippen LogP contribution in [-0.4, -0.2) is 16.5 Å². The molecule has 0 atom stereocenters. The van der Waals surface area contributed by atoms with Crippen LogP contribution in [0.5, 0.6) is 0 Å². The number of nitrogens with one attached hydrogen (secondary N) is 2. The molecule has 1 aromatic carbocycles. The molecule has 0 saturated carbocycles. The van der Waals surface area contributed by atoms with Crippen LogP contribution in [0.15, 0.2) is 27.4 Å². The van der Waals surface area contributed by atoms with Gasteiger partial charge in [-0.25, -0.2) is 14.4 Å². The van der Waals surface area contributed by atoms with Crippen LogP contribution in [0.4, 0.5) is 21.7 Å². The number of benzene rings is 1. The molecule has 4 nitrogen and oxygen atoms in total. The fourth-order valence-corrected chi connectivity index (χ4v) is 2.95. The minimum absolute atomic E-state index is 0.260. The second kappa shape index (κ2) is 7.38. The monoisotopic (exact) mass is 436 g/mol. The number of nitrogens with zero attached hydrogens (tertiary/aromatic N) is 2. The molecule has 0 aliphatic carbocycles. The van der Waals surface area contributed by atoms with Crippen LogP contribution in [-0.2, 0) is 0 Å². The van der Waals surface area contributed by atoms with Crippen LogP contribution in [0.1, 0.15) is 13.3 Å². The lowest BCUT2D eigenvalue weighted by Crippen LogP contribution is -2.05. The van der Waals surface area contributed by atoms with Crippen molar-refractivity contribution in [2.45, 2.75) is 13.3 Å². The van der Waals surface area contributed by atoms with E-state index in [2.05, 4.69) is 59.4 Å². The van der Waals surface area contributed by atoms with Gasteiger partial charge >= 0.3 is 0 Å². The lowest BCUT2D eigenvalue weighted by molar-refractivity contribution is 0.627. The third-order valence-corrected chi connectivity index (χ3v) is 4.26. The summed E-state index contributed by atoms with van der Waals surface area (Å²) in [5.74, 6) is 0.811. The molecule has 0 aliphatic rings. The Balaban J connectivity index is 2.32. The molecular formula is C13H12Br2ClFN4. The van der Waals surface area contributed by atoms with Crippen LogP contribution in [0, 0.1) is 5.82 Å².